The van der Waals surface area contributed by atoms with E-state index in [0.717, 1.165) is 16.9 Å². The summed E-state index contributed by atoms with van der Waals surface area (Å²) in [5, 5.41) is 0. The Morgan fingerprint density at radius 1 is 1.33 bits per heavy atom. The molecule has 0 spiro atoms. The molecule has 1 amide bonds. The molecule has 0 atom stereocenters. The highest BCUT2D eigenvalue weighted by Gasteiger charge is 2.30. The number of nitrogens with zero attached hydrogens (tertiary/aromatic N) is 3. The Kier molecular flexibility index (Phi) is 4.55. The first-order chi connectivity index (χ1) is 11.6. The number of esters is 1. The van der Waals surface area contributed by atoms with Gasteiger partial charge in [-0.3, -0.25) is 14.0 Å². The zero-order chi connectivity index (χ0) is 17.3. The van der Waals surface area contributed by atoms with Gasteiger partial charge in [0.2, 0.25) is 0 Å². The number of pyridine rings is 1. The van der Waals surface area contributed by atoms with E-state index in [1.165, 1.54) is 7.11 Å². The molecule has 1 aliphatic rings. The summed E-state index contributed by atoms with van der Waals surface area (Å²) in [5.41, 5.74) is 3.36. The normalized spacial score (nSPS) is 15.7. The fraction of sp³-hybridized carbons (Fsp3) is 0.500. The number of hydrogen-bond donors (Lipinski definition) is 0. The summed E-state index contributed by atoms with van der Waals surface area (Å²) in [6, 6.07) is 3.93. The third-order valence-electron chi connectivity index (χ3n) is 4.77. The Bertz CT molecular complexity index is 773. The summed E-state index contributed by atoms with van der Waals surface area (Å²) in [4.78, 5) is 31.2. The average Bonchev–Trinajstić information content (AvgIpc) is 3.00. The first kappa shape index (κ1) is 16.5. The van der Waals surface area contributed by atoms with Gasteiger partial charge in [0.1, 0.15) is 11.3 Å². The lowest BCUT2D eigenvalue weighted by molar-refractivity contribution is -0.146. The molecule has 1 saturated heterocycles. The molecule has 6 nitrogen and oxygen atoms in total. The molecule has 0 radical (unpaired) electrons. The molecule has 2 aromatic rings. The van der Waals surface area contributed by atoms with Crippen molar-refractivity contribution in [3.05, 3.63) is 35.3 Å². The van der Waals surface area contributed by atoms with E-state index >= 15 is 0 Å². The third kappa shape index (κ3) is 2.77. The number of ether oxygens (including phenoxy) is 1. The number of fused-ring (bicyclic) bond motifs is 1. The van der Waals surface area contributed by atoms with Crippen molar-refractivity contribution in [3.63, 3.8) is 0 Å². The predicted molar refractivity (Wildman–Crippen MR) is 90.0 cm³/mol. The largest absolute Gasteiger partial charge is 0.469 e. The van der Waals surface area contributed by atoms with Crippen LogP contribution >= 0.6 is 0 Å². The second-order valence-corrected chi connectivity index (χ2v) is 6.24. The highest BCUT2D eigenvalue weighted by atomic mass is 16.5. The molecule has 0 aliphatic carbocycles. The maximum Gasteiger partial charge on any atom is 0.308 e. The number of carbonyl (C=O) groups excluding carboxylic acids is 2. The fourth-order valence-corrected chi connectivity index (χ4v) is 3.36. The Balaban J connectivity index is 1.87. The van der Waals surface area contributed by atoms with E-state index in [2.05, 4.69) is 4.98 Å². The van der Waals surface area contributed by atoms with E-state index in [4.69, 9.17) is 4.74 Å². The molecule has 128 valence electrons. The summed E-state index contributed by atoms with van der Waals surface area (Å²) in [5.74, 6) is -0.288. The van der Waals surface area contributed by atoms with Crippen molar-refractivity contribution in [2.45, 2.75) is 33.1 Å². The number of carbonyl (C=O) groups is 2. The molecule has 0 bridgehead atoms. The monoisotopic (exact) mass is 329 g/mol. The van der Waals surface area contributed by atoms with Gasteiger partial charge in [0.05, 0.1) is 18.7 Å². The average molecular weight is 329 g/mol. The van der Waals surface area contributed by atoms with Gasteiger partial charge in [-0.05, 0) is 37.8 Å². The first-order valence-corrected chi connectivity index (χ1v) is 8.40. The van der Waals surface area contributed by atoms with Crippen molar-refractivity contribution in [1.29, 1.82) is 0 Å². The Morgan fingerprint density at radius 3 is 2.67 bits per heavy atom. The van der Waals surface area contributed by atoms with Crippen LogP contribution in [0.25, 0.3) is 5.65 Å². The maximum atomic E-state index is 13.1. The van der Waals surface area contributed by atoms with Crippen LogP contribution < -0.4 is 0 Å². The molecule has 24 heavy (non-hydrogen) atoms. The van der Waals surface area contributed by atoms with Crippen LogP contribution in [0, 0.1) is 12.8 Å². The van der Waals surface area contributed by atoms with E-state index in [0.29, 0.717) is 38.0 Å². The zero-order valence-corrected chi connectivity index (χ0v) is 14.4. The van der Waals surface area contributed by atoms with Crippen molar-refractivity contribution >= 4 is 17.5 Å². The summed E-state index contributed by atoms with van der Waals surface area (Å²) in [6.07, 6.45) is 3.90. The van der Waals surface area contributed by atoms with E-state index in [9.17, 15) is 9.59 Å². The molecular formula is C18H23N3O3. The van der Waals surface area contributed by atoms with E-state index in [-0.39, 0.29) is 17.8 Å². The number of aromatic nitrogens is 2. The van der Waals surface area contributed by atoms with E-state index < -0.39 is 0 Å². The number of methoxy groups -OCH3 is 1. The minimum absolute atomic E-state index is 0.00624. The quantitative estimate of drug-likeness (QED) is 0.810. The number of imidazole rings is 1. The van der Waals surface area contributed by atoms with Gasteiger partial charge in [-0.1, -0.05) is 13.0 Å². The van der Waals surface area contributed by atoms with Crippen LogP contribution in [0.4, 0.5) is 0 Å². The molecule has 0 saturated carbocycles. The SMILES string of the molecule is CCc1nc2c(C)cccn2c1C(=O)N1CCC(C(=O)OC)CC1. The van der Waals surface area contributed by atoms with Crippen molar-refractivity contribution in [2.75, 3.05) is 20.2 Å². The Morgan fingerprint density at radius 2 is 2.04 bits per heavy atom. The standard InChI is InChI=1S/C18H23N3O3/c1-4-14-15(21-9-5-6-12(2)16(21)19-14)17(22)20-10-7-13(8-11-20)18(23)24-3/h5-6,9,13H,4,7-8,10-11H2,1-3H3. The fourth-order valence-electron chi connectivity index (χ4n) is 3.36. The Hall–Kier alpha value is -2.37. The highest BCUT2D eigenvalue weighted by molar-refractivity contribution is 5.95. The molecular weight excluding hydrogens is 306 g/mol. The molecule has 6 heteroatoms. The number of rotatable bonds is 3. The van der Waals surface area contributed by atoms with Crippen LogP contribution in [-0.2, 0) is 16.0 Å². The number of likely N-dealkylation sites (tertiary alicyclic amines) is 1. The van der Waals surface area contributed by atoms with Gasteiger partial charge in [0.25, 0.3) is 5.91 Å². The maximum absolute atomic E-state index is 13.1. The molecule has 3 heterocycles. The van der Waals surface area contributed by atoms with E-state index in [1.807, 2.05) is 41.5 Å². The van der Waals surface area contributed by atoms with Gasteiger partial charge < -0.3 is 9.64 Å². The van der Waals surface area contributed by atoms with Gasteiger partial charge >= 0.3 is 5.97 Å². The molecule has 0 unspecified atom stereocenters. The van der Waals surface area contributed by atoms with Crippen LogP contribution in [-0.4, -0.2) is 46.4 Å². The van der Waals surface area contributed by atoms with Crippen LogP contribution in [0.1, 0.15) is 41.5 Å². The molecule has 1 fully saturated rings. The molecule has 2 aromatic heterocycles. The summed E-state index contributed by atoms with van der Waals surface area (Å²) < 4.78 is 6.70. The summed E-state index contributed by atoms with van der Waals surface area (Å²) >= 11 is 0. The van der Waals surface area contributed by atoms with E-state index in [1.54, 1.807) is 0 Å². The van der Waals surface area contributed by atoms with Crippen LogP contribution in [0.2, 0.25) is 0 Å². The minimum atomic E-state index is -0.179. The lowest BCUT2D eigenvalue weighted by atomic mass is 9.97. The lowest BCUT2D eigenvalue weighted by Crippen LogP contribution is -2.41. The van der Waals surface area contributed by atoms with Crippen molar-refractivity contribution in [3.8, 4) is 0 Å². The van der Waals surface area contributed by atoms with Crippen molar-refractivity contribution in [2.24, 2.45) is 5.92 Å². The number of piperidine rings is 1. The smallest absolute Gasteiger partial charge is 0.308 e. The van der Waals surface area contributed by atoms with Gasteiger partial charge in [-0.15, -0.1) is 0 Å². The predicted octanol–water partition coefficient (Wildman–Crippen LogP) is 2.23. The van der Waals surface area contributed by atoms with Crippen molar-refractivity contribution < 1.29 is 14.3 Å². The Labute approximate surface area is 141 Å². The second-order valence-electron chi connectivity index (χ2n) is 6.24. The van der Waals surface area contributed by atoms with Crippen LogP contribution in [0.15, 0.2) is 18.3 Å². The number of hydrogen-bond acceptors (Lipinski definition) is 4. The van der Waals surface area contributed by atoms with Gasteiger partial charge in [-0.25, -0.2) is 4.98 Å². The molecule has 0 aromatic carbocycles. The van der Waals surface area contributed by atoms with Gasteiger partial charge in [-0.2, -0.15) is 0 Å². The van der Waals surface area contributed by atoms with Crippen LogP contribution in [0.3, 0.4) is 0 Å². The topological polar surface area (TPSA) is 63.9 Å². The summed E-state index contributed by atoms with van der Waals surface area (Å²) in [7, 11) is 1.41. The van der Waals surface area contributed by atoms with Crippen LogP contribution in [0.5, 0.6) is 0 Å². The number of aryl methyl sites for hydroxylation is 2. The summed E-state index contributed by atoms with van der Waals surface area (Å²) in [6.45, 7) is 5.15. The first-order valence-electron chi connectivity index (χ1n) is 8.40. The molecule has 3 rings (SSSR count). The zero-order valence-electron chi connectivity index (χ0n) is 14.4. The van der Waals surface area contributed by atoms with Gasteiger partial charge in [0, 0.05) is 19.3 Å². The second kappa shape index (κ2) is 6.63. The number of amides is 1. The minimum Gasteiger partial charge on any atom is -0.469 e. The highest BCUT2D eigenvalue weighted by Crippen LogP contribution is 2.23. The third-order valence-corrected chi connectivity index (χ3v) is 4.77. The lowest BCUT2D eigenvalue weighted by Gasteiger charge is -2.30. The molecule has 1 aliphatic heterocycles. The van der Waals surface area contributed by atoms with Crippen molar-refractivity contribution in [1.82, 2.24) is 14.3 Å². The van der Waals surface area contributed by atoms with Gasteiger partial charge in [0.15, 0.2) is 0 Å². The molecule has 0 N–H and O–H groups in total.